The topological polar surface area (TPSA) is 63.3 Å². The highest BCUT2D eigenvalue weighted by Crippen LogP contribution is 2.41. The molecule has 3 aromatic rings. The molecule has 0 unspecified atom stereocenters. The van der Waals surface area contributed by atoms with Gasteiger partial charge in [-0.15, -0.1) is 0 Å². The summed E-state index contributed by atoms with van der Waals surface area (Å²) in [5.41, 5.74) is 6.22. The van der Waals surface area contributed by atoms with Crippen LogP contribution in [0, 0.1) is 0 Å². The fraction of sp³-hybridized carbons (Fsp3) is 0.417. The third kappa shape index (κ3) is 3.79. The van der Waals surface area contributed by atoms with Gasteiger partial charge in [-0.25, -0.2) is 0 Å². The van der Waals surface area contributed by atoms with Gasteiger partial charge in [0.15, 0.2) is 11.5 Å². The molecule has 0 fully saturated rings. The lowest BCUT2D eigenvalue weighted by atomic mass is 9.86. The quantitative estimate of drug-likeness (QED) is 0.686. The first-order chi connectivity index (χ1) is 14.4. The zero-order chi connectivity index (χ0) is 21.3. The Bertz CT molecular complexity index is 1010. The van der Waals surface area contributed by atoms with Crippen molar-refractivity contribution in [1.29, 1.82) is 0 Å². The Morgan fingerprint density at radius 3 is 2.47 bits per heavy atom. The molecule has 0 radical (unpaired) electrons. The maximum atomic E-state index is 5.62. The van der Waals surface area contributed by atoms with Gasteiger partial charge in [0.25, 0.3) is 0 Å². The van der Waals surface area contributed by atoms with Crippen molar-refractivity contribution >= 4 is 0 Å². The monoisotopic (exact) mass is 406 g/mol. The second kappa shape index (κ2) is 8.11. The van der Waals surface area contributed by atoms with Crippen molar-refractivity contribution in [3.8, 4) is 11.5 Å². The van der Waals surface area contributed by atoms with Crippen molar-refractivity contribution in [1.82, 2.24) is 20.1 Å². The number of pyridine rings is 1. The average molecular weight is 407 g/mol. The van der Waals surface area contributed by atoms with Crippen LogP contribution in [0.2, 0.25) is 0 Å². The summed E-state index contributed by atoms with van der Waals surface area (Å²) in [5.74, 6) is 1.54. The molecule has 30 heavy (non-hydrogen) atoms. The molecule has 0 bridgehead atoms. The van der Waals surface area contributed by atoms with E-state index in [1.54, 1.807) is 14.2 Å². The maximum Gasteiger partial charge on any atom is 0.161 e. The minimum absolute atomic E-state index is 0.0161. The van der Waals surface area contributed by atoms with Gasteiger partial charge in [-0.05, 0) is 47.4 Å². The molecule has 3 heterocycles. The number of aromatic nitrogens is 3. The predicted octanol–water partition coefficient (Wildman–Crippen LogP) is 4.27. The molecule has 2 aromatic heterocycles. The lowest BCUT2D eigenvalue weighted by molar-refractivity contribution is 0.202. The van der Waals surface area contributed by atoms with E-state index in [0.717, 1.165) is 31.0 Å². The fourth-order valence-corrected chi connectivity index (χ4v) is 4.40. The highest BCUT2D eigenvalue weighted by molar-refractivity contribution is 5.51. The van der Waals surface area contributed by atoms with Crippen LogP contribution in [-0.4, -0.2) is 40.8 Å². The summed E-state index contributed by atoms with van der Waals surface area (Å²) in [6, 6.07) is 8.57. The van der Waals surface area contributed by atoms with Crippen LogP contribution in [0.15, 0.2) is 42.9 Å². The Morgan fingerprint density at radius 2 is 1.80 bits per heavy atom. The number of ether oxygens (including phenoxy) is 2. The Labute approximate surface area is 178 Å². The molecule has 4 rings (SSSR count). The van der Waals surface area contributed by atoms with E-state index in [4.69, 9.17) is 9.47 Å². The van der Waals surface area contributed by atoms with Crippen LogP contribution in [0.3, 0.4) is 0 Å². The van der Waals surface area contributed by atoms with E-state index in [0.29, 0.717) is 0 Å². The Balaban J connectivity index is 1.78. The molecule has 0 saturated heterocycles. The van der Waals surface area contributed by atoms with Crippen molar-refractivity contribution in [2.75, 3.05) is 20.8 Å². The minimum Gasteiger partial charge on any atom is -0.493 e. The van der Waals surface area contributed by atoms with Crippen LogP contribution in [0.5, 0.6) is 11.5 Å². The van der Waals surface area contributed by atoms with E-state index in [1.165, 1.54) is 27.9 Å². The first-order valence-corrected chi connectivity index (χ1v) is 10.3. The summed E-state index contributed by atoms with van der Waals surface area (Å²) in [6.07, 6.45) is 6.65. The zero-order valence-electron chi connectivity index (χ0n) is 18.4. The molecule has 0 spiro atoms. The van der Waals surface area contributed by atoms with E-state index < -0.39 is 0 Å². The van der Waals surface area contributed by atoms with Gasteiger partial charge < -0.3 is 9.47 Å². The van der Waals surface area contributed by atoms with Crippen molar-refractivity contribution in [2.24, 2.45) is 0 Å². The van der Waals surface area contributed by atoms with Crippen LogP contribution < -0.4 is 9.47 Å². The van der Waals surface area contributed by atoms with Gasteiger partial charge in [0, 0.05) is 42.2 Å². The van der Waals surface area contributed by atoms with Gasteiger partial charge in [-0.2, -0.15) is 5.10 Å². The summed E-state index contributed by atoms with van der Waals surface area (Å²) >= 11 is 0. The first-order valence-electron chi connectivity index (χ1n) is 10.3. The molecular weight excluding hydrogens is 376 g/mol. The second-order valence-electron chi connectivity index (χ2n) is 8.83. The summed E-state index contributed by atoms with van der Waals surface area (Å²) in [4.78, 5) is 6.74. The van der Waals surface area contributed by atoms with Crippen molar-refractivity contribution in [3.05, 3.63) is 70.8 Å². The summed E-state index contributed by atoms with van der Waals surface area (Å²) in [6.45, 7) is 8.42. The number of fused-ring (bicyclic) bond motifs is 1. The lowest BCUT2D eigenvalue weighted by Crippen LogP contribution is -2.36. The number of aromatic amines is 1. The van der Waals surface area contributed by atoms with E-state index >= 15 is 0 Å². The molecule has 0 amide bonds. The molecule has 1 aromatic carbocycles. The number of benzene rings is 1. The number of hydrogen-bond donors (Lipinski definition) is 1. The van der Waals surface area contributed by atoms with E-state index in [-0.39, 0.29) is 11.5 Å². The molecule has 1 aliphatic rings. The van der Waals surface area contributed by atoms with Crippen LogP contribution in [0.1, 0.15) is 54.8 Å². The van der Waals surface area contributed by atoms with Crippen molar-refractivity contribution in [2.45, 2.75) is 45.2 Å². The van der Waals surface area contributed by atoms with E-state index in [1.807, 2.05) is 18.6 Å². The zero-order valence-corrected chi connectivity index (χ0v) is 18.4. The van der Waals surface area contributed by atoms with E-state index in [2.05, 4.69) is 65.1 Å². The second-order valence-corrected chi connectivity index (χ2v) is 8.83. The van der Waals surface area contributed by atoms with Crippen LogP contribution in [-0.2, 0) is 18.4 Å². The number of rotatable bonds is 5. The first kappa shape index (κ1) is 20.4. The third-order valence-corrected chi connectivity index (χ3v) is 5.84. The van der Waals surface area contributed by atoms with Crippen molar-refractivity contribution < 1.29 is 9.47 Å². The minimum atomic E-state index is 0.0161. The summed E-state index contributed by atoms with van der Waals surface area (Å²) in [5, 5.41) is 7.57. The number of H-pyrrole nitrogens is 1. The molecule has 1 N–H and O–H groups in total. The van der Waals surface area contributed by atoms with Crippen molar-refractivity contribution in [3.63, 3.8) is 0 Å². The van der Waals surface area contributed by atoms with Gasteiger partial charge in [-0.3, -0.25) is 15.0 Å². The number of hydrogen-bond acceptors (Lipinski definition) is 5. The van der Waals surface area contributed by atoms with Crippen LogP contribution in [0.25, 0.3) is 0 Å². The lowest BCUT2D eigenvalue weighted by Gasteiger charge is -2.38. The van der Waals surface area contributed by atoms with E-state index in [9.17, 15) is 0 Å². The summed E-state index contributed by atoms with van der Waals surface area (Å²) in [7, 11) is 3.38. The molecule has 6 heteroatoms. The molecule has 158 valence electrons. The normalized spacial score (nSPS) is 16.9. The molecule has 1 atom stereocenters. The molecule has 6 nitrogen and oxygen atoms in total. The van der Waals surface area contributed by atoms with Gasteiger partial charge in [0.05, 0.1) is 26.5 Å². The third-order valence-electron chi connectivity index (χ3n) is 5.84. The fourth-order valence-electron chi connectivity index (χ4n) is 4.40. The predicted molar refractivity (Wildman–Crippen MR) is 117 cm³/mol. The van der Waals surface area contributed by atoms with Crippen LogP contribution >= 0.6 is 0 Å². The standard InChI is InChI=1S/C24H30N4O2/c1-24(2,3)23-18(14-26-27-23)15-28-11-8-17-12-20(29-4)21(30-5)13-19(17)22(28)16-6-9-25-10-7-16/h6-7,9-10,12-14,22H,8,11,15H2,1-5H3,(H,26,27)/t22-/m1/s1. The Morgan fingerprint density at radius 1 is 1.10 bits per heavy atom. The SMILES string of the molecule is COc1cc2c(cc1OC)[C@@H](c1ccncc1)N(Cc1cn[nH]c1C(C)(C)C)CC2. The highest BCUT2D eigenvalue weighted by atomic mass is 16.5. The number of methoxy groups -OCH3 is 2. The molecule has 0 aliphatic carbocycles. The van der Waals surface area contributed by atoms with Gasteiger partial charge in [0.2, 0.25) is 0 Å². The van der Waals surface area contributed by atoms with Crippen LogP contribution in [0.4, 0.5) is 0 Å². The average Bonchev–Trinajstić information content (AvgIpc) is 3.22. The molecule has 0 saturated carbocycles. The smallest absolute Gasteiger partial charge is 0.161 e. The van der Waals surface area contributed by atoms with Gasteiger partial charge >= 0.3 is 0 Å². The number of nitrogens with one attached hydrogen (secondary N) is 1. The Hall–Kier alpha value is -2.86. The van der Waals surface area contributed by atoms with Gasteiger partial charge in [-0.1, -0.05) is 20.8 Å². The number of nitrogens with zero attached hydrogens (tertiary/aromatic N) is 3. The maximum absolute atomic E-state index is 5.62. The largest absolute Gasteiger partial charge is 0.493 e. The molecule has 1 aliphatic heterocycles. The van der Waals surface area contributed by atoms with Gasteiger partial charge in [0.1, 0.15) is 0 Å². The molecular formula is C24H30N4O2. The Kier molecular flexibility index (Phi) is 5.52. The highest BCUT2D eigenvalue weighted by Gasteiger charge is 2.32. The summed E-state index contributed by atoms with van der Waals surface area (Å²) < 4.78 is 11.2.